The van der Waals surface area contributed by atoms with Crippen LogP contribution in [0.4, 0.5) is 5.69 Å². The molecule has 1 saturated carbocycles. The van der Waals surface area contributed by atoms with E-state index >= 15 is 0 Å². The van der Waals surface area contributed by atoms with Gasteiger partial charge in [0.15, 0.2) is 0 Å². The van der Waals surface area contributed by atoms with Gasteiger partial charge in [-0.05, 0) is 43.5 Å². The smallest absolute Gasteiger partial charge is 0.237 e. The molecule has 0 aliphatic heterocycles. The molecule has 5 heteroatoms. The van der Waals surface area contributed by atoms with Crippen LogP contribution in [0.5, 0.6) is 0 Å². The second kappa shape index (κ2) is 6.88. The third kappa shape index (κ3) is 3.64. The number of halogens is 1. The molecule has 0 unspecified atom stereocenters. The summed E-state index contributed by atoms with van der Waals surface area (Å²) in [5.41, 5.74) is 7.13. The van der Waals surface area contributed by atoms with Gasteiger partial charge in [0.1, 0.15) is 0 Å². The van der Waals surface area contributed by atoms with E-state index in [0.29, 0.717) is 4.99 Å². The average molecular weight is 369 g/mol. The molecule has 0 saturated heterocycles. The van der Waals surface area contributed by atoms with Crippen molar-refractivity contribution < 1.29 is 4.79 Å². The Balaban J connectivity index is 2.22. The lowest BCUT2D eigenvalue weighted by molar-refractivity contribution is -0.122. The van der Waals surface area contributed by atoms with Crippen LogP contribution in [0.1, 0.15) is 44.1 Å². The number of nitrogens with one attached hydrogen (secondary N) is 1. The lowest BCUT2D eigenvalue weighted by Crippen LogP contribution is -2.45. The number of carbonyl (C=O) groups excluding carboxylic acids is 1. The van der Waals surface area contributed by atoms with Crippen molar-refractivity contribution >= 4 is 44.7 Å². The summed E-state index contributed by atoms with van der Waals surface area (Å²) in [6, 6.07) is 5.77. The SMILES string of the molecule is Cc1cc(NC(=O)C2(C(N)=S)CCCCCC2)ccc1Br. The molecule has 1 fully saturated rings. The van der Waals surface area contributed by atoms with Crippen LogP contribution in [0.15, 0.2) is 22.7 Å². The van der Waals surface area contributed by atoms with Gasteiger partial charge >= 0.3 is 0 Å². The molecule has 0 bridgehead atoms. The number of carbonyl (C=O) groups is 1. The summed E-state index contributed by atoms with van der Waals surface area (Å²) >= 11 is 8.70. The second-order valence-electron chi connectivity index (χ2n) is 5.78. The van der Waals surface area contributed by atoms with Crippen LogP contribution in [0.2, 0.25) is 0 Å². The molecule has 114 valence electrons. The summed E-state index contributed by atoms with van der Waals surface area (Å²) in [5.74, 6) is -0.0568. The summed E-state index contributed by atoms with van der Waals surface area (Å²) in [6.07, 6.45) is 5.81. The van der Waals surface area contributed by atoms with E-state index in [1.54, 1.807) is 0 Å². The molecule has 2 rings (SSSR count). The minimum absolute atomic E-state index is 0.0568. The van der Waals surface area contributed by atoms with Crippen molar-refractivity contribution in [1.82, 2.24) is 0 Å². The second-order valence-corrected chi connectivity index (χ2v) is 7.07. The van der Waals surface area contributed by atoms with Gasteiger partial charge in [-0.2, -0.15) is 0 Å². The zero-order valence-corrected chi connectivity index (χ0v) is 14.6. The van der Waals surface area contributed by atoms with Gasteiger partial charge < -0.3 is 11.1 Å². The van der Waals surface area contributed by atoms with Crippen molar-refractivity contribution in [3.8, 4) is 0 Å². The number of aryl methyl sites for hydroxylation is 1. The van der Waals surface area contributed by atoms with Gasteiger partial charge in [0.25, 0.3) is 0 Å². The molecule has 1 amide bonds. The fraction of sp³-hybridized carbons (Fsp3) is 0.500. The van der Waals surface area contributed by atoms with Gasteiger partial charge in [-0.15, -0.1) is 0 Å². The largest absolute Gasteiger partial charge is 0.392 e. The van der Waals surface area contributed by atoms with E-state index in [0.717, 1.165) is 54.2 Å². The number of anilines is 1. The molecule has 0 heterocycles. The minimum atomic E-state index is -0.688. The molecule has 1 aromatic rings. The zero-order chi connectivity index (χ0) is 15.5. The van der Waals surface area contributed by atoms with Crippen LogP contribution in [0.3, 0.4) is 0 Å². The Morgan fingerprint density at radius 2 is 1.90 bits per heavy atom. The van der Waals surface area contributed by atoms with Gasteiger partial charge in [-0.3, -0.25) is 4.79 Å². The van der Waals surface area contributed by atoms with Crippen LogP contribution < -0.4 is 11.1 Å². The number of thiocarbonyl (C=S) groups is 1. The van der Waals surface area contributed by atoms with Crippen molar-refractivity contribution in [3.05, 3.63) is 28.2 Å². The Hall–Kier alpha value is -0.940. The maximum Gasteiger partial charge on any atom is 0.237 e. The number of amides is 1. The number of benzene rings is 1. The lowest BCUT2D eigenvalue weighted by Gasteiger charge is -2.30. The predicted octanol–water partition coefficient (Wildman–Crippen LogP) is 4.32. The van der Waals surface area contributed by atoms with Crippen molar-refractivity contribution in [2.24, 2.45) is 11.1 Å². The first-order chi connectivity index (χ1) is 9.95. The number of hydrogen-bond donors (Lipinski definition) is 2. The van der Waals surface area contributed by atoms with E-state index in [-0.39, 0.29) is 5.91 Å². The molecule has 0 aromatic heterocycles. The highest BCUT2D eigenvalue weighted by atomic mass is 79.9. The summed E-state index contributed by atoms with van der Waals surface area (Å²) in [7, 11) is 0. The molecule has 1 aromatic carbocycles. The molecular weight excluding hydrogens is 348 g/mol. The van der Waals surface area contributed by atoms with Gasteiger partial charge in [-0.1, -0.05) is 53.8 Å². The summed E-state index contributed by atoms with van der Waals surface area (Å²) in [4.78, 5) is 13.1. The van der Waals surface area contributed by atoms with Gasteiger partial charge in [0.05, 0.1) is 10.4 Å². The van der Waals surface area contributed by atoms with Crippen LogP contribution in [0, 0.1) is 12.3 Å². The third-order valence-corrected chi connectivity index (χ3v) is 5.56. The Bertz CT molecular complexity index is 551. The first-order valence-electron chi connectivity index (χ1n) is 7.33. The van der Waals surface area contributed by atoms with E-state index in [9.17, 15) is 4.79 Å². The highest BCUT2D eigenvalue weighted by Crippen LogP contribution is 2.37. The number of hydrogen-bond acceptors (Lipinski definition) is 2. The standard InChI is InChI=1S/C16H21BrN2OS/c1-11-10-12(6-7-13(11)17)19-15(20)16(14(18)21)8-4-2-3-5-9-16/h6-7,10H,2-5,8-9H2,1H3,(H2,18,21)(H,19,20). The average Bonchev–Trinajstić information content (AvgIpc) is 2.69. The minimum Gasteiger partial charge on any atom is -0.392 e. The van der Waals surface area contributed by atoms with E-state index in [1.807, 2.05) is 25.1 Å². The van der Waals surface area contributed by atoms with Crippen molar-refractivity contribution in [2.45, 2.75) is 45.4 Å². The molecule has 1 aliphatic carbocycles. The van der Waals surface area contributed by atoms with Crippen molar-refractivity contribution in [1.29, 1.82) is 0 Å². The molecule has 0 atom stereocenters. The Morgan fingerprint density at radius 3 is 2.43 bits per heavy atom. The normalized spacial score (nSPS) is 17.8. The quantitative estimate of drug-likeness (QED) is 0.616. The molecule has 0 radical (unpaired) electrons. The molecule has 3 N–H and O–H groups in total. The Labute approximate surface area is 139 Å². The summed E-state index contributed by atoms with van der Waals surface area (Å²) in [6.45, 7) is 1.99. The fourth-order valence-electron chi connectivity index (χ4n) is 2.89. The van der Waals surface area contributed by atoms with E-state index in [2.05, 4.69) is 21.2 Å². The highest BCUT2D eigenvalue weighted by molar-refractivity contribution is 9.10. The third-order valence-electron chi connectivity index (χ3n) is 4.28. The zero-order valence-electron chi connectivity index (χ0n) is 12.2. The Kier molecular flexibility index (Phi) is 5.38. The van der Waals surface area contributed by atoms with Crippen LogP contribution in [-0.4, -0.2) is 10.9 Å². The predicted molar refractivity (Wildman–Crippen MR) is 94.4 cm³/mol. The van der Waals surface area contributed by atoms with Crippen molar-refractivity contribution in [2.75, 3.05) is 5.32 Å². The first-order valence-corrected chi connectivity index (χ1v) is 8.53. The summed E-state index contributed by atoms with van der Waals surface area (Å²) in [5, 5.41) is 3.00. The van der Waals surface area contributed by atoms with Crippen LogP contribution in [-0.2, 0) is 4.79 Å². The molecule has 1 aliphatic rings. The van der Waals surface area contributed by atoms with Gasteiger partial charge in [-0.25, -0.2) is 0 Å². The topological polar surface area (TPSA) is 55.1 Å². The molecule has 21 heavy (non-hydrogen) atoms. The monoisotopic (exact) mass is 368 g/mol. The lowest BCUT2D eigenvalue weighted by atomic mass is 9.79. The number of rotatable bonds is 3. The van der Waals surface area contributed by atoms with E-state index < -0.39 is 5.41 Å². The van der Waals surface area contributed by atoms with E-state index in [1.165, 1.54) is 0 Å². The number of nitrogens with two attached hydrogens (primary N) is 1. The molecule has 3 nitrogen and oxygen atoms in total. The van der Waals surface area contributed by atoms with Gasteiger partial charge in [0, 0.05) is 10.2 Å². The maximum absolute atomic E-state index is 12.8. The fourth-order valence-corrected chi connectivity index (χ4v) is 3.43. The van der Waals surface area contributed by atoms with E-state index in [4.69, 9.17) is 18.0 Å². The van der Waals surface area contributed by atoms with Crippen LogP contribution in [0.25, 0.3) is 0 Å². The molecule has 0 spiro atoms. The van der Waals surface area contributed by atoms with Gasteiger partial charge in [0.2, 0.25) is 5.91 Å². The maximum atomic E-state index is 12.8. The van der Waals surface area contributed by atoms with Crippen LogP contribution >= 0.6 is 28.1 Å². The summed E-state index contributed by atoms with van der Waals surface area (Å²) < 4.78 is 1.03. The highest BCUT2D eigenvalue weighted by Gasteiger charge is 2.41. The first kappa shape index (κ1) is 16.4. The molecular formula is C16H21BrN2OS. The van der Waals surface area contributed by atoms with Crippen molar-refractivity contribution in [3.63, 3.8) is 0 Å². The Morgan fingerprint density at radius 1 is 1.29 bits per heavy atom.